The summed E-state index contributed by atoms with van der Waals surface area (Å²) in [5.41, 5.74) is 0.804. The van der Waals surface area contributed by atoms with Crippen molar-refractivity contribution < 1.29 is 19.7 Å². The van der Waals surface area contributed by atoms with E-state index in [1.165, 1.54) is 0 Å². The maximum atomic E-state index is 10.6. The third-order valence-electron chi connectivity index (χ3n) is 2.98. The predicted octanol–water partition coefficient (Wildman–Crippen LogP) is 1.96. The molecule has 20 heavy (non-hydrogen) atoms. The first-order valence-corrected chi connectivity index (χ1v) is 6.91. The van der Waals surface area contributed by atoms with Crippen molar-refractivity contribution in [1.82, 2.24) is 5.32 Å². The number of nitrogens with one attached hydrogen (secondary N) is 1. The minimum Gasteiger partial charge on any atom is -0.494 e. The molecule has 5 nitrogen and oxygen atoms in total. The first kappa shape index (κ1) is 16.5. The van der Waals surface area contributed by atoms with Crippen LogP contribution in [0.4, 0.5) is 0 Å². The number of carboxylic acid groups (broad SMARTS) is 1. The molecule has 0 aromatic heterocycles. The van der Waals surface area contributed by atoms with Crippen molar-refractivity contribution in [2.45, 2.75) is 38.8 Å². The van der Waals surface area contributed by atoms with Gasteiger partial charge in [0.25, 0.3) is 0 Å². The molecule has 0 heterocycles. The van der Waals surface area contributed by atoms with E-state index in [0.29, 0.717) is 19.6 Å². The van der Waals surface area contributed by atoms with Crippen molar-refractivity contribution >= 4 is 5.97 Å². The lowest BCUT2D eigenvalue weighted by atomic mass is 10.1. The topological polar surface area (TPSA) is 78.8 Å². The molecular formula is C15H23NO4. The van der Waals surface area contributed by atoms with E-state index in [-0.39, 0.29) is 0 Å². The van der Waals surface area contributed by atoms with Crippen molar-refractivity contribution in [3.05, 3.63) is 29.8 Å². The molecule has 0 saturated carbocycles. The summed E-state index contributed by atoms with van der Waals surface area (Å²) in [7, 11) is 0. The zero-order chi connectivity index (χ0) is 15.0. The summed E-state index contributed by atoms with van der Waals surface area (Å²) in [5.74, 6) is -0.0997. The summed E-state index contributed by atoms with van der Waals surface area (Å²) in [6.45, 7) is 4.75. The van der Waals surface area contributed by atoms with Crippen molar-refractivity contribution in [3.8, 4) is 5.75 Å². The number of carbonyl (C=O) groups is 1. The normalized spacial score (nSPS) is 13.8. The second-order valence-electron chi connectivity index (χ2n) is 4.74. The Balaban J connectivity index is 2.39. The van der Waals surface area contributed by atoms with Crippen LogP contribution in [0.1, 0.15) is 38.4 Å². The van der Waals surface area contributed by atoms with E-state index in [1.807, 2.05) is 31.2 Å². The van der Waals surface area contributed by atoms with E-state index in [1.54, 1.807) is 6.92 Å². The SMILES string of the molecule is CCCOc1ccc([C@H](O)CCN[C@H](C)C(=O)O)cc1. The molecule has 2 atom stereocenters. The number of aliphatic hydroxyl groups excluding tert-OH is 1. The molecule has 1 aromatic rings. The first-order chi connectivity index (χ1) is 9.54. The van der Waals surface area contributed by atoms with Crippen LogP contribution in [-0.4, -0.2) is 35.4 Å². The number of aliphatic hydroxyl groups is 1. The zero-order valence-corrected chi connectivity index (χ0v) is 12.0. The second-order valence-corrected chi connectivity index (χ2v) is 4.74. The monoisotopic (exact) mass is 281 g/mol. The van der Waals surface area contributed by atoms with Gasteiger partial charge in [-0.15, -0.1) is 0 Å². The Morgan fingerprint density at radius 2 is 2.00 bits per heavy atom. The quantitative estimate of drug-likeness (QED) is 0.645. The number of hydrogen-bond acceptors (Lipinski definition) is 4. The molecule has 0 aliphatic carbocycles. The van der Waals surface area contributed by atoms with Crippen LogP contribution in [0.3, 0.4) is 0 Å². The summed E-state index contributed by atoms with van der Waals surface area (Å²) in [4.78, 5) is 10.6. The second kappa shape index (κ2) is 8.55. The minimum absolute atomic E-state index is 0.447. The summed E-state index contributed by atoms with van der Waals surface area (Å²) < 4.78 is 5.47. The molecule has 0 radical (unpaired) electrons. The number of ether oxygens (including phenoxy) is 1. The fraction of sp³-hybridized carbons (Fsp3) is 0.533. The Labute approximate surface area is 119 Å². The van der Waals surface area contributed by atoms with Gasteiger partial charge in [-0.05, 0) is 44.0 Å². The van der Waals surface area contributed by atoms with E-state index in [4.69, 9.17) is 9.84 Å². The van der Waals surface area contributed by atoms with Gasteiger partial charge in [-0.1, -0.05) is 19.1 Å². The molecular weight excluding hydrogens is 258 g/mol. The van der Waals surface area contributed by atoms with Gasteiger partial charge in [-0.2, -0.15) is 0 Å². The highest BCUT2D eigenvalue weighted by Gasteiger charge is 2.12. The molecule has 1 aromatic carbocycles. The maximum Gasteiger partial charge on any atom is 0.320 e. The fourth-order valence-electron chi connectivity index (χ4n) is 1.70. The van der Waals surface area contributed by atoms with Gasteiger partial charge in [0.2, 0.25) is 0 Å². The number of hydrogen-bond donors (Lipinski definition) is 3. The smallest absolute Gasteiger partial charge is 0.320 e. The van der Waals surface area contributed by atoms with Gasteiger partial charge in [-0.3, -0.25) is 4.79 Å². The zero-order valence-electron chi connectivity index (χ0n) is 12.0. The Kier molecular flexibility index (Phi) is 7.04. The van der Waals surface area contributed by atoms with E-state index >= 15 is 0 Å². The van der Waals surface area contributed by atoms with Crippen molar-refractivity contribution in [3.63, 3.8) is 0 Å². The Morgan fingerprint density at radius 3 is 2.55 bits per heavy atom. The minimum atomic E-state index is -0.892. The summed E-state index contributed by atoms with van der Waals surface area (Å²) >= 11 is 0. The lowest BCUT2D eigenvalue weighted by molar-refractivity contribution is -0.139. The molecule has 0 spiro atoms. The van der Waals surface area contributed by atoms with Crippen LogP contribution in [0.25, 0.3) is 0 Å². The Bertz CT molecular complexity index is 405. The average molecular weight is 281 g/mol. The van der Waals surface area contributed by atoms with Crippen LogP contribution < -0.4 is 10.1 Å². The predicted molar refractivity (Wildman–Crippen MR) is 76.9 cm³/mol. The molecule has 0 unspecified atom stereocenters. The van der Waals surface area contributed by atoms with Gasteiger partial charge in [0, 0.05) is 0 Å². The molecule has 3 N–H and O–H groups in total. The Hall–Kier alpha value is -1.59. The summed E-state index contributed by atoms with van der Waals surface area (Å²) in [6.07, 6.45) is 0.814. The van der Waals surface area contributed by atoms with Gasteiger partial charge in [0.05, 0.1) is 12.7 Å². The van der Waals surface area contributed by atoms with Crippen LogP contribution in [-0.2, 0) is 4.79 Å². The summed E-state index contributed by atoms with van der Waals surface area (Å²) in [6, 6.07) is 6.72. The highest BCUT2D eigenvalue weighted by atomic mass is 16.5. The lowest BCUT2D eigenvalue weighted by Crippen LogP contribution is -2.34. The average Bonchev–Trinajstić information content (AvgIpc) is 2.45. The fourth-order valence-corrected chi connectivity index (χ4v) is 1.70. The van der Waals surface area contributed by atoms with Crippen molar-refractivity contribution in [1.29, 1.82) is 0 Å². The molecule has 1 rings (SSSR count). The highest BCUT2D eigenvalue weighted by Crippen LogP contribution is 2.20. The van der Waals surface area contributed by atoms with Crippen molar-refractivity contribution in [2.24, 2.45) is 0 Å². The van der Waals surface area contributed by atoms with E-state index in [9.17, 15) is 9.90 Å². The van der Waals surface area contributed by atoms with E-state index in [2.05, 4.69) is 5.32 Å². The molecule has 5 heteroatoms. The third-order valence-corrected chi connectivity index (χ3v) is 2.98. The number of carboxylic acids is 1. The van der Waals surface area contributed by atoms with Gasteiger partial charge >= 0.3 is 5.97 Å². The van der Waals surface area contributed by atoms with Crippen LogP contribution in [0, 0.1) is 0 Å². The Morgan fingerprint density at radius 1 is 1.35 bits per heavy atom. The van der Waals surface area contributed by atoms with Gasteiger partial charge in [-0.25, -0.2) is 0 Å². The lowest BCUT2D eigenvalue weighted by Gasteiger charge is -2.14. The van der Waals surface area contributed by atoms with Crippen LogP contribution in [0.2, 0.25) is 0 Å². The number of benzene rings is 1. The van der Waals surface area contributed by atoms with Crippen molar-refractivity contribution in [2.75, 3.05) is 13.2 Å². The van der Waals surface area contributed by atoms with Gasteiger partial charge in [0.15, 0.2) is 0 Å². The summed E-state index contributed by atoms with van der Waals surface area (Å²) in [5, 5.41) is 21.6. The van der Waals surface area contributed by atoms with Crippen LogP contribution >= 0.6 is 0 Å². The van der Waals surface area contributed by atoms with Gasteiger partial charge in [0.1, 0.15) is 11.8 Å². The molecule has 0 saturated heterocycles. The van der Waals surface area contributed by atoms with Gasteiger partial charge < -0.3 is 20.3 Å². The molecule has 0 bridgehead atoms. The molecule has 0 amide bonds. The van der Waals surface area contributed by atoms with Crippen LogP contribution in [0.5, 0.6) is 5.75 Å². The van der Waals surface area contributed by atoms with E-state index in [0.717, 1.165) is 17.7 Å². The molecule has 0 aliphatic rings. The molecule has 0 aliphatic heterocycles. The molecule has 0 fully saturated rings. The standard InChI is InChI=1S/C15H23NO4/c1-3-10-20-13-6-4-12(5-7-13)14(17)8-9-16-11(2)15(18)19/h4-7,11,14,16-17H,3,8-10H2,1-2H3,(H,18,19)/t11-,14-/m1/s1. The largest absolute Gasteiger partial charge is 0.494 e. The van der Waals surface area contributed by atoms with E-state index < -0.39 is 18.1 Å². The molecule has 112 valence electrons. The third kappa shape index (κ3) is 5.59. The van der Waals surface area contributed by atoms with Crippen LogP contribution in [0.15, 0.2) is 24.3 Å². The number of rotatable bonds is 9. The highest BCUT2D eigenvalue weighted by molar-refractivity contribution is 5.72. The maximum absolute atomic E-state index is 10.6. The number of aliphatic carboxylic acids is 1. The first-order valence-electron chi connectivity index (χ1n) is 6.91.